The molecular formula is C16H24O2. The Hall–Kier alpha value is -0.860. The van der Waals surface area contributed by atoms with E-state index in [2.05, 4.69) is 39.0 Å². The summed E-state index contributed by atoms with van der Waals surface area (Å²) in [6, 6.07) is 8.32. The van der Waals surface area contributed by atoms with Crippen LogP contribution in [0.4, 0.5) is 0 Å². The Morgan fingerprint density at radius 2 is 2.00 bits per heavy atom. The van der Waals surface area contributed by atoms with Crippen molar-refractivity contribution in [2.45, 2.75) is 45.8 Å². The van der Waals surface area contributed by atoms with Crippen LogP contribution in [0, 0.1) is 11.8 Å². The van der Waals surface area contributed by atoms with Crippen LogP contribution in [0.1, 0.15) is 44.4 Å². The molecule has 18 heavy (non-hydrogen) atoms. The minimum atomic E-state index is -0.408. The lowest BCUT2D eigenvalue weighted by atomic mass is 9.86. The third-order valence-corrected chi connectivity index (χ3v) is 3.77. The normalized spacial score (nSPS) is 22.6. The van der Waals surface area contributed by atoms with Crippen LogP contribution in [0.5, 0.6) is 0 Å². The Labute approximate surface area is 110 Å². The topological polar surface area (TPSA) is 29.5 Å². The molecular weight excluding hydrogens is 224 g/mol. The van der Waals surface area contributed by atoms with E-state index in [0.717, 1.165) is 12.8 Å². The largest absolute Gasteiger partial charge is 0.390 e. The first kappa shape index (κ1) is 13.6. The minimum absolute atomic E-state index is 0.149. The molecule has 0 aromatic heterocycles. The molecule has 0 spiro atoms. The van der Waals surface area contributed by atoms with Gasteiger partial charge in [0.1, 0.15) is 6.10 Å². The molecule has 0 amide bonds. The maximum absolute atomic E-state index is 10.5. The lowest BCUT2D eigenvalue weighted by molar-refractivity contribution is -0.0706. The van der Waals surface area contributed by atoms with E-state index in [1.807, 2.05) is 6.07 Å². The molecule has 0 radical (unpaired) electrons. The van der Waals surface area contributed by atoms with Gasteiger partial charge in [-0.2, -0.15) is 0 Å². The van der Waals surface area contributed by atoms with Gasteiger partial charge in [0.2, 0.25) is 0 Å². The lowest BCUT2D eigenvalue weighted by Gasteiger charge is -2.33. The van der Waals surface area contributed by atoms with Crippen molar-refractivity contribution < 1.29 is 9.84 Å². The highest BCUT2D eigenvalue weighted by molar-refractivity contribution is 5.31. The number of hydrogen-bond donors (Lipinski definition) is 1. The maximum atomic E-state index is 10.5. The van der Waals surface area contributed by atoms with Crippen LogP contribution in [-0.2, 0) is 11.2 Å². The lowest BCUT2D eigenvalue weighted by Crippen LogP contribution is -2.32. The molecule has 1 aliphatic heterocycles. The number of hydrogen-bond acceptors (Lipinski definition) is 2. The average Bonchev–Trinajstić information content (AvgIpc) is 2.36. The summed E-state index contributed by atoms with van der Waals surface area (Å²) in [4.78, 5) is 0. The first-order valence-electron chi connectivity index (χ1n) is 6.97. The van der Waals surface area contributed by atoms with Crippen molar-refractivity contribution in [3.05, 3.63) is 35.4 Å². The van der Waals surface area contributed by atoms with Crippen LogP contribution in [0.2, 0.25) is 0 Å². The van der Waals surface area contributed by atoms with Crippen molar-refractivity contribution in [1.82, 2.24) is 0 Å². The smallest absolute Gasteiger partial charge is 0.109 e. The van der Waals surface area contributed by atoms with Gasteiger partial charge in [-0.1, -0.05) is 45.0 Å². The highest BCUT2D eigenvalue weighted by atomic mass is 16.5. The standard InChI is InChI=1S/C16H24O2/c1-11(2)10-12(3)15(17)16-14-7-5-4-6-13(14)8-9-18-16/h4-7,11-12,15-17H,8-10H2,1-3H3. The number of aliphatic hydroxyl groups is 1. The minimum Gasteiger partial charge on any atom is -0.390 e. The Kier molecular flexibility index (Phi) is 4.41. The van der Waals surface area contributed by atoms with Crippen molar-refractivity contribution >= 4 is 0 Å². The van der Waals surface area contributed by atoms with Gasteiger partial charge in [0, 0.05) is 0 Å². The summed E-state index contributed by atoms with van der Waals surface area (Å²) < 4.78 is 5.82. The van der Waals surface area contributed by atoms with Crippen LogP contribution in [-0.4, -0.2) is 17.8 Å². The van der Waals surface area contributed by atoms with Crippen LogP contribution >= 0.6 is 0 Å². The SMILES string of the molecule is CC(C)CC(C)C(O)C1OCCc2ccccc21. The molecule has 1 N–H and O–H groups in total. The second-order valence-electron chi connectivity index (χ2n) is 5.84. The van der Waals surface area contributed by atoms with Gasteiger partial charge in [0.25, 0.3) is 0 Å². The van der Waals surface area contributed by atoms with Gasteiger partial charge < -0.3 is 9.84 Å². The number of aliphatic hydroxyl groups excluding tert-OH is 1. The quantitative estimate of drug-likeness (QED) is 0.885. The van der Waals surface area contributed by atoms with Gasteiger partial charge in [0.05, 0.1) is 12.7 Å². The Bertz CT molecular complexity index is 386. The van der Waals surface area contributed by atoms with Crippen LogP contribution in [0.15, 0.2) is 24.3 Å². The van der Waals surface area contributed by atoms with E-state index in [9.17, 15) is 5.11 Å². The van der Waals surface area contributed by atoms with Gasteiger partial charge in [-0.05, 0) is 35.8 Å². The monoisotopic (exact) mass is 248 g/mol. The summed E-state index contributed by atoms with van der Waals surface area (Å²) >= 11 is 0. The van der Waals surface area contributed by atoms with Crippen molar-refractivity contribution in [3.63, 3.8) is 0 Å². The molecule has 1 aromatic carbocycles. The number of ether oxygens (including phenoxy) is 1. The zero-order valence-corrected chi connectivity index (χ0v) is 11.6. The second-order valence-corrected chi connectivity index (χ2v) is 5.84. The van der Waals surface area contributed by atoms with E-state index >= 15 is 0 Å². The molecule has 2 rings (SSSR count). The van der Waals surface area contributed by atoms with E-state index in [0.29, 0.717) is 12.5 Å². The van der Waals surface area contributed by atoms with Crippen molar-refractivity contribution in [2.75, 3.05) is 6.61 Å². The summed E-state index contributed by atoms with van der Waals surface area (Å²) in [5.41, 5.74) is 2.50. The first-order chi connectivity index (χ1) is 8.59. The fourth-order valence-electron chi connectivity index (χ4n) is 2.89. The molecule has 0 saturated carbocycles. The summed E-state index contributed by atoms with van der Waals surface area (Å²) in [5, 5.41) is 10.5. The fourth-order valence-corrected chi connectivity index (χ4v) is 2.89. The predicted octanol–water partition coefficient (Wildman–Crippen LogP) is 3.34. The first-order valence-corrected chi connectivity index (χ1v) is 6.97. The average molecular weight is 248 g/mol. The van der Waals surface area contributed by atoms with Crippen LogP contribution < -0.4 is 0 Å². The highest BCUT2D eigenvalue weighted by Gasteiger charge is 2.30. The molecule has 2 heteroatoms. The molecule has 2 nitrogen and oxygen atoms in total. The fraction of sp³-hybridized carbons (Fsp3) is 0.625. The Morgan fingerprint density at radius 3 is 2.72 bits per heavy atom. The molecule has 1 aromatic rings. The van der Waals surface area contributed by atoms with Crippen LogP contribution in [0.25, 0.3) is 0 Å². The van der Waals surface area contributed by atoms with Crippen LogP contribution in [0.3, 0.4) is 0 Å². The number of fused-ring (bicyclic) bond motifs is 1. The third kappa shape index (κ3) is 2.93. The summed E-state index contributed by atoms with van der Waals surface area (Å²) in [7, 11) is 0. The zero-order valence-electron chi connectivity index (χ0n) is 11.6. The van der Waals surface area contributed by atoms with Gasteiger partial charge >= 0.3 is 0 Å². The molecule has 1 aliphatic rings. The molecule has 1 heterocycles. The number of benzene rings is 1. The molecule has 0 aliphatic carbocycles. The number of rotatable bonds is 4. The second kappa shape index (κ2) is 5.85. The third-order valence-electron chi connectivity index (χ3n) is 3.77. The Morgan fingerprint density at radius 1 is 1.28 bits per heavy atom. The van der Waals surface area contributed by atoms with E-state index < -0.39 is 6.10 Å². The van der Waals surface area contributed by atoms with Gasteiger partial charge in [-0.3, -0.25) is 0 Å². The van der Waals surface area contributed by atoms with E-state index in [1.165, 1.54) is 11.1 Å². The van der Waals surface area contributed by atoms with Crippen molar-refractivity contribution in [3.8, 4) is 0 Å². The summed E-state index contributed by atoms with van der Waals surface area (Å²) in [5.74, 6) is 0.870. The van der Waals surface area contributed by atoms with Gasteiger partial charge in [0.15, 0.2) is 0 Å². The van der Waals surface area contributed by atoms with Crippen molar-refractivity contribution in [2.24, 2.45) is 11.8 Å². The summed E-state index contributed by atoms with van der Waals surface area (Å²) in [6.07, 6.45) is 1.43. The summed E-state index contributed by atoms with van der Waals surface area (Å²) in [6.45, 7) is 7.22. The Balaban J connectivity index is 2.14. The highest BCUT2D eigenvalue weighted by Crippen LogP contribution is 2.33. The molecule has 3 atom stereocenters. The van der Waals surface area contributed by atoms with E-state index in [-0.39, 0.29) is 12.0 Å². The molecule has 0 bridgehead atoms. The van der Waals surface area contributed by atoms with E-state index in [4.69, 9.17) is 4.74 Å². The molecule has 0 saturated heterocycles. The molecule has 0 fully saturated rings. The van der Waals surface area contributed by atoms with Gasteiger partial charge in [-0.15, -0.1) is 0 Å². The van der Waals surface area contributed by atoms with Crippen molar-refractivity contribution in [1.29, 1.82) is 0 Å². The maximum Gasteiger partial charge on any atom is 0.109 e. The molecule has 3 unspecified atom stereocenters. The predicted molar refractivity (Wildman–Crippen MR) is 73.5 cm³/mol. The zero-order chi connectivity index (χ0) is 13.1. The van der Waals surface area contributed by atoms with Gasteiger partial charge in [-0.25, -0.2) is 0 Å². The van der Waals surface area contributed by atoms with E-state index in [1.54, 1.807) is 0 Å². The molecule has 100 valence electrons.